The highest BCUT2D eigenvalue weighted by Crippen LogP contribution is 2.28. The van der Waals surface area contributed by atoms with Crippen LogP contribution in [0.2, 0.25) is 5.02 Å². The molecule has 0 unspecified atom stereocenters. The van der Waals surface area contributed by atoms with E-state index >= 15 is 0 Å². The molecule has 0 atom stereocenters. The lowest BCUT2D eigenvalue weighted by Crippen LogP contribution is -2.26. The van der Waals surface area contributed by atoms with E-state index in [2.05, 4.69) is 15.5 Å². The fourth-order valence-electron chi connectivity index (χ4n) is 2.84. The molecule has 30 heavy (non-hydrogen) atoms. The number of hydrogen-bond acceptors (Lipinski definition) is 6. The second-order valence-corrected chi connectivity index (χ2v) is 6.89. The number of aromatic nitrogens is 2. The van der Waals surface area contributed by atoms with Crippen molar-refractivity contribution in [3.05, 3.63) is 70.4 Å². The molecule has 0 spiro atoms. The minimum absolute atomic E-state index is 0.0549. The molecule has 158 valence electrons. The third-order valence-electron chi connectivity index (χ3n) is 4.24. The Bertz CT molecular complexity index is 973. The van der Waals surface area contributed by atoms with Gasteiger partial charge in [-0.1, -0.05) is 29.8 Å². The molecular weight excluding hydrogens is 406 g/mol. The molecule has 1 amide bonds. The van der Waals surface area contributed by atoms with Crippen molar-refractivity contribution < 1.29 is 18.7 Å². The number of ether oxygens (including phenoxy) is 2. The van der Waals surface area contributed by atoms with Gasteiger partial charge in [0.2, 0.25) is 5.89 Å². The Kier molecular flexibility index (Phi) is 7.68. The Morgan fingerprint density at radius 1 is 1.00 bits per heavy atom. The fraction of sp³-hybridized carbons (Fsp3) is 0.318. The van der Waals surface area contributed by atoms with Gasteiger partial charge in [-0.2, -0.15) is 0 Å². The summed E-state index contributed by atoms with van der Waals surface area (Å²) in [6.45, 7) is 5.40. The maximum absolute atomic E-state index is 12.3. The van der Waals surface area contributed by atoms with Crippen LogP contribution in [0.3, 0.4) is 0 Å². The summed E-state index contributed by atoms with van der Waals surface area (Å²) in [6.07, 6.45) is 1.06. The van der Waals surface area contributed by atoms with Crippen molar-refractivity contribution in [3.8, 4) is 11.5 Å². The van der Waals surface area contributed by atoms with Crippen molar-refractivity contribution in [1.29, 1.82) is 0 Å². The quantitative estimate of drug-likeness (QED) is 0.522. The van der Waals surface area contributed by atoms with Crippen LogP contribution < -0.4 is 14.8 Å². The lowest BCUT2D eigenvalue weighted by molar-refractivity contribution is 0.0918. The summed E-state index contributed by atoms with van der Waals surface area (Å²) in [6, 6.07) is 13.1. The Hall–Kier alpha value is -3.06. The van der Waals surface area contributed by atoms with Gasteiger partial charge < -0.3 is 19.2 Å². The second kappa shape index (κ2) is 10.6. The molecule has 0 aliphatic carbocycles. The zero-order valence-electron chi connectivity index (χ0n) is 17.0. The van der Waals surface area contributed by atoms with E-state index in [0.29, 0.717) is 55.0 Å². The van der Waals surface area contributed by atoms with Gasteiger partial charge in [0.1, 0.15) is 0 Å². The fourth-order valence-corrected chi connectivity index (χ4v) is 2.97. The van der Waals surface area contributed by atoms with Crippen LogP contribution >= 0.6 is 11.6 Å². The predicted octanol–water partition coefficient (Wildman–Crippen LogP) is 4.08. The zero-order chi connectivity index (χ0) is 21.3. The molecule has 0 saturated heterocycles. The SMILES string of the molecule is CCOc1ccc(CCNC(=O)c2nnc(Cc3ccc(Cl)cc3)o2)cc1OCC. The molecule has 0 saturated carbocycles. The molecule has 2 aromatic carbocycles. The van der Waals surface area contributed by atoms with E-state index in [1.807, 2.05) is 44.2 Å². The monoisotopic (exact) mass is 429 g/mol. The first-order valence-corrected chi connectivity index (χ1v) is 10.2. The van der Waals surface area contributed by atoms with E-state index in [-0.39, 0.29) is 5.89 Å². The summed E-state index contributed by atoms with van der Waals surface area (Å²) in [7, 11) is 0. The Labute approximate surface area is 180 Å². The van der Waals surface area contributed by atoms with E-state index in [9.17, 15) is 4.79 Å². The van der Waals surface area contributed by atoms with Crippen molar-refractivity contribution in [2.75, 3.05) is 19.8 Å². The van der Waals surface area contributed by atoms with Gasteiger partial charge >= 0.3 is 11.8 Å². The normalized spacial score (nSPS) is 10.6. The van der Waals surface area contributed by atoms with Gasteiger partial charge in [0, 0.05) is 11.6 Å². The van der Waals surface area contributed by atoms with Crippen molar-refractivity contribution in [3.63, 3.8) is 0 Å². The number of nitrogens with zero attached hydrogens (tertiary/aromatic N) is 2. The van der Waals surface area contributed by atoms with Gasteiger partial charge in [-0.15, -0.1) is 10.2 Å². The number of nitrogens with one attached hydrogen (secondary N) is 1. The first-order chi connectivity index (χ1) is 14.6. The highest BCUT2D eigenvalue weighted by atomic mass is 35.5. The predicted molar refractivity (Wildman–Crippen MR) is 113 cm³/mol. The average molecular weight is 430 g/mol. The zero-order valence-corrected chi connectivity index (χ0v) is 17.7. The molecule has 0 aliphatic heterocycles. The van der Waals surface area contributed by atoms with Crippen LogP contribution in [0.25, 0.3) is 0 Å². The summed E-state index contributed by atoms with van der Waals surface area (Å²) in [4.78, 5) is 12.3. The maximum Gasteiger partial charge on any atom is 0.308 e. The highest BCUT2D eigenvalue weighted by Gasteiger charge is 2.15. The van der Waals surface area contributed by atoms with Gasteiger partial charge in [0.15, 0.2) is 11.5 Å². The van der Waals surface area contributed by atoms with E-state index in [1.165, 1.54) is 0 Å². The third-order valence-corrected chi connectivity index (χ3v) is 4.49. The molecule has 0 aliphatic rings. The van der Waals surface area contributed by atoms with Gasteiger partial charge in [-0.3, -0.25) is 4.79 Å². The number of benzene rings is 2. The number of hydrogen-bond donors (Lipinski definition) is 1. The molecule has 1 N–H and O–H groups in total. The molecule has 0 fully saturated rings. The molecule has 0 bridgehead atoms. The van der Waals surface area contributed by atoms with Crippen LogP contribution in [0.5, 0.6) is 11.5 Å². The number of amides is 1. The average Bonchev–Trinajstić information content (AvgIpc) is 3.20. The molecule has 0 radical (unpaired) electrons. The molecule has 7 nitrogen and oxygen atoms in total. The summed E-state index contributed by atoms with van der Waals surface area (Å²) < 4.78 is 16.7. The summed E-state index contributed by atoms with van der Waals surface area (Å²) in [5, 5.41) is 11.2. The van der Waals surface area contributed by atoms with Crippen molar-refractivity contribution in [2.45, 2.75) is 26.7 Å². The molecule has 8 heteroatoms. The number of halogens is 1. The Balaban J connectivity index is 1.53. The maximum atomic E-state index is 12.3. The van der Waals surface area contributed by atoms with Gasteiger partial charge in [-0.25, -0.2) is 0 Å². The topological polar surface area (TPSA) is 86.5 Å². The number of carbonyl (C=O) groups excluding carboxylic acids is 1. The first-order valence-electron chi connectivity index (χ1n) is 9.82. The van der Waals surface area contributed by atoms with Crippen molar-refractivity contribution >= 4 is 17.5 Å². The molecule has 1 aromatic heterocycles. The lowest BCUT2D eigenvalue weighted by Gasteiger charge is -2.12. The second-order valence-electron chi connectivity index (χ2n) is 6.46. The van der Waals surface area contributed by atoms with Crippen molar-refractivity contribution in [1.82, 2.24) is 15.5 Å². The highest BCUT2D eigenvalue weighted by molar-refractivity contribution is 6.30. The Morgan fingerprint density at radius 2 is 1.70 bits per heavy atom. The number of rotatable bonds is 10. The van der Waals surface area contributed by atoms with E-state index in [0.717, 1.165) is 11.1 Å². The third kappa shape index (κ3) is 5.97. The van der Waals surface area contributed by atoms with Gasteiger partial charge in [0.25, 0.3) is 0 Å². The van der Waals surface area contributed by atoms with Gasteiger partial charge in [-0.05, 0) is 55.7 Å². The van der Waals surface area contributed by atoms with Crippen LogP contribution in [0.15, 0.2) is 46.9 Å². The Morgan fingerprint density at radius 3 is 2.43 bits per heavy atom. The van der Waals surface area contributed by atoms with E-state index < -0.39 is 5.91 Å². The van der Waals surface area contributed by atoms with E-state index in [4.69, 9.17) is 25.5 Å². The van der Waals surface area contributed by atoms with Crippen LogP contribution in [0, 0.1) is 0 Å². The van der Waals surface area contributed by atoms with E-state index in [1.54, 1.807) is 12.1 Å². The first kappa shape index (κ1) is 21.6. The minimum atomic E-state index is -0.402. The smallest absolute Gasteiger partial charge is 0.308 e. The standard InChI is InChI=1S/C22H24ClN3O4/c1-3-28-18-10-7-16(13-19(18)29-4-2)11-12-24-21(27)22-26-25-20(30-22)14-15-5-8-17(23)9-6-15/h5-10,13H,3-4,11-12,14H2,1-2H3,(H,24,27). The summed E-state index contributed by atoms with van der Waals surface area (Å²) in [5.41, 5.74) is 1.99. The molecular formula is C22H24ClN3O4. The summed E-state index contributed by atoms with van der Waals surface area (Å²) in [5.74, 6) is 1.33. The minimum Gasteiger partial charge on any atom is -0.490 e. The van der Waals surface area contributed by atoms with Crippen LogP contribution in [0.1, 0.15) is 41.6 Å². The molecule has 1 heterocycles. The van der Waals surface area contributed by atoms with Crippen LogP contribution in [-0.4, -0.2) is 35.9 Å². The lowest BCUT2D eigenvalue weighted by atomic mass is 10.1. The molecule has 3 aromatic rings. The molecule has 3 rings (SSSR count). The summed E-state index contributed by atoms with van der Waals surface area (Å²) >= 11 is 5.88. The van der Waals surface area contributed by atoms with Crippen molar-refractivity contribution in [2.24, 2.45) is 0 Å². The largest absolute Gasteiger partial charge is 0.490 e. The van der Waals surface area contributed by atoms with Gasteiger partial charge in [0.05, 0.1) is 19.6 Å². The van der Waals surface area contributed by atoms with Crippen LogP contribution in [0.4, 0.5) is 0 Å². The number of carbonyl (C=O) groups is 1. The van der Waals surface area contributed by atoms with Crippen LogP contribution in [-0.2, 0) is 12.8 Å².